The maximum atomic E-state index is 12.8. The Morgan fingerprint density at radius 1 is 1.28 bits per heavy atom. The van der Waals surface area contributed by atoms with Crippen molar-refractivity contribution >= 4 is 5.91 Å². The average molecular weight is 351 g/mol. The van der Waals surface area contributed by atoms with E-state index < -0.39 is 17.3 Å². The number of aromatic nitrogens is 1. The van der Waals surface area contributed by atoms with Crippen LogP contribution in [0.25, 0.3) is 0 Å². The first-order valence-electron chi connectivity index (χ1n) is 7.64. The van der Waals surface area contributed by atoms with E-state index in [0.29, 0.717) is 18.4 Å². The number of nitrogens with one attached hydrogen (secondary N) is 1. The van der Waals surface area contributed by atoms with E-state index in [9.17, 15) is 18.0 Å². The van der Waals surface area contributed by atoms with Crippen molar-refractivity contribution in [3.05, 3.63) is 53.7 Å². The van der Waals surface area contributed by atoms with E-state index in [1.165, 1.54) is 18.3 Å². The van der Waals surface area contributed by atoms with E-state index >= 15 is 0 Å². The lowest BCUT2D eigenvalue weighted by Crippen LogP contribution is -2.42. The molecule has 1 amide bonds. The summed E-state index contributed by atoms with van der Waals surface area (Å²) in [7, 11) is 0. The summed E-state index contributed by atoms with van der Waals surface area (Å²) >= 11 is 0. The Hall–Kier alpha value is -2.61. The number of carbonyl (C=O) groups is 1. The molecule has 1 saturated carbocycles. The zero-order valence-electron chi connectivity index (χ0n) is 13.1. The van der Waals surface area contributed by atoms with Gasteiger partial charge in [0, 0.05) is 18.3 Å². The van der Waals surface area contributed by atoms with Crippen LogP contribution in [0.3, 0.4) is 0 Å². The van der Waals surface area contributed by atoms with E-state index in [0.717, 1.165) is 12.1 Å². The molecule has 2 aromatic rings. The van der Waals surface area contributed by atoms with Crippen molar-refractivity contribution in [3.8, 4) is 11.6 Å². The van der Waals surface area contributed by atoms with Crippen LogP contribution in [0.15, 0.2) is 42.6 Å². The Bertz CT molecular complexity index is 789. The second kappa shape index (κ2) is 6.36. The standard InChI is InChI=1S/C17H16F3N3O2/c18-17(19,20)12-4-1-5-13(9-12)25-14-11(3-2-8-22-14)10-23-15(24)16(21)6-7-16/h1-5,8-9H,6-7,10,21H2,(H,23,24). The summed E-state index contributed by atoms with van der Waals surface area (Å²) in [6, 6.07) is 7.85. The number of benzene rings is 1. The monoisotopic (exact) mass is 351 g/mol. The van der Waals surface area contributed by atoms with Crippen LogP contribution in [0.5, 0.6) is 11.6 Å². The van der Waals surface area contributed by atoms with Crippen molar-refractivity contribution in [2.24, 2.45) is 5.73 Å². The highest BCUT2D eigenvalue weighted by molar-refractivity contribution is 5.88. The topological polar surface area (TPSA) is 77.2 Å². The van der Waals surface area contributed by atoms with Crippen LogP contribution in [0, 0.1) is 0 Å². The van der Waals surface area contributed by atoms with Crippen LogP contribution < -0.4 is 15.8 Å². The molecule has 0 radical (unpaired) electrons. The molecule has 3 N–H and O–H groups in total. The molecule has 1 aromatic heterocycles. The highest BCUT2D eigenvalue weighted by Crippen LogP contribution is 2.34. The van der Waals surface area contributed by atoms with Gasteiger partial charge in [-0.05, 0) is 37.1 Å². The summed E-state index contributed by atoms with van der Waals surface area (Å²) in [5.41, 5.74) is 4.74. The minimum atomic E-state index is -4.46. The molecule has 5 nitrogen and oxygen atoms in total. The summed E-state index contributed by atoms with van der Waals surface area (Å²) in [6.45, 7) is 0.125. The van der Waals surface area contributed by atoms with Crippen molar-refractivity contribution in [3.63, 3.8) is 0 Å². The molecular formula is C17H16F3N3O2. The Kier molecular flexibility index (Phi) is 4.38. The summed E-state index contributed by atoms with van der Waals surface area (Å²) < 4.78 is 43.8. The molecule has 1 fully saturated rings. The van der Waals surface area contributed by atoms with Gasteiger partial charge in [-0.15, -0.1) is 0 Å². The number of nitrogens with two attached hydrogens (primary N) is 1. The number of carbonyl (C=O) groups excluding carboxylic acids is 1. The van der Waals surface area contributed by atoms with Crippen LogP contribution in [-0.2, 0) is 17.5 Å². The van der Waals surface area contributed by atoms with Crippen molar-refractivity contribution in [2.45, 2.75) is 31.1 Å². The first kappa shape index (κ1) is 17.2. The summed E-state index contributed by atoms with van der Waals surface area (Å²) in [5.74, 6) is -0.121. The highest BCUT2D eigenvalue weighted by atomic mass is 19.4. The Balaban J connectivity index is 1.74. The Morgan fingerprint density at radius 3 is 2.72 bits per heavy atom. The number of hydrogen-bond acceptors (Lipinski definition) is 4. The summed E-state index contributed by atoms with van der Waals surface area (Å²) in [5, 5.41) is 2.70. The maximum absolute atomic E-state index is 12.8. The third-order valence-corrected chi connectivity index (χ3v) is 3.91. The fourth-order valence-electron chi connectivity index (χ4n) is 2.21. The lowest BCUT2D eigenvalue weighted by atomic mass is 10.2. The summed E-state index contributed by atoms with van der Waals surface area (Å²) in [6.07, 6.45) is -1.72. The molecule has 1 heterocycles. The predicted molar refractivity (Wildman–Crippen MR) is 83.8 cm³/mol. The van der Waals surface area contributed by atoms with Gasteiger partial charge in [0.1, 0.15) is 5.75 Å². The molecular weight excluding hydrogens is 335 g/mol. The molecule has 0 saturated heterocycles. The predicted octanol–water partition coefficient (Wildman–Crippen LogP) is 3.00. The fraction of sp³-hybridized carbons (Fsp3) is 0.294. The molecule has 1 aliphatic rings. The number of alkyl halides is 3. The lowest BCUT2D eigenvalue weighted by molar-refractivity contribution is -0.137. The molecule has 8 heteroatoms. The minimum absolute atomic E-state index is 0.0126. The van der Waals surface area contributed by atoms with Crippen molar-refractivity contribution in [1.82, 2.24) is 10.3 Å². The minimum Gasteiger partial charge on any atom is -0.439 e. The maximum Gasteiger partial charge on any atom is 0.416 e. The molecule has 0 atom stereocenters. The van der Waals surface area contributed by atoms with E-state index in [1.807, 2.05) is 0 Å². The first-order chi connectivity index (χ1) is 11.8. The Morgan fingerprint density at radius 2 is 2.04 bits per heavy atom. The molecule has 0 aliphatic heterocycles. The van der Waals surface area contributed by atoms with Gasteiger partial charge in [-0.1, -0.05) is 12.1 Å². The number of hydrogen-bond donors (Lipinski definition) is 2. The van der Waals surface area contributed by atoms with Crippen molar-refractivity contribution in [1.29, 1.82) is 0 Å². The van der Waals surface area contributed by atoms with Gasteiger partial charge >= 0.3 is 6.18 Å². The van der Waals surface area contributed by atoms with Crippen LogP contribution in [-0.4, -0.2) is 16.4 Å². The average Bonchev–Trinajstić information content (AvgIpc) is 3.32. The second-order valence-electron chi connectivity index (χ2n) is 5.93. The van der Waals surface area contributed by atoms with Crippen molar-refractivity contribution in [2.75, 3.05) is 0 Å². The second-order valence-corrected chi connectivity index (χ2v) is 5.93. The smallest absolute Gasteiger partial charge is 0.416 e. The number of rotatable bonds is 5. The van der Waals surface area contributed by atoms with Gasteiger partial charge in [-0.3, -0.25) is 4.79 Å². The molecule has 1 aliphatic carbocycles. The van der Waals surface area contributed by atoms with Gasteiger partial charge in [-0.2, -0.15) is 13.2 Å². The van der Waals surface area contributed by atoms with Gasteiger partial charge in [0.05, 0.1) is 11.1 Å². The van der Waals surface area contributed by atoms with E-state index in [2.05, 4.69) is 10.3 Å². The number of nitrogens with zero attached hydrogens (tertiary/aromatic N) is 1. The van der Waals surface area contributed by atoms with Gasteiger partial charge < -0.3 is 15.8 Å². The fourth-order valence-corrected chi connectivity index (χ4v) is 2.21. The zero-order valence-corrected chi connectivity index (χ0v) is 13.1. The number of halogens is 3. The van der Waals surface area contributed by atoms with Gasteiger partial charge in [0.15, 0.2) is 0 Å². The largest absolute Gasteiger partial charge is 0.439 e. The first-order valence-corrected chi connectivity index (χ1v) is 7.64. The number of ether oxygens (including phenoxy) is 1. The zero-order chi connectivity index (χ0) is 18.1. The Labute approximate surface area is 142 Å². The van der Waals surface area contributed by atoms with Gasteiger partial charge in [0.25, 0.3) is 0 Å². The normalized spacial score (nSPS) is 15.5. The van der Waals surface area contributed by atoms with Crippen LogP contribution >= 0.6 is 0 Å². The van der Waals surface area contributed by atoms with Crippen molar-refractivity contribution < 1.29 is 22.7 Å². The number of pyridine rings is 1. The molecule has 0 bridgehead atoms. The molecule has 25 heavy (non-hydrogen) atoms. The molecule has 3 rings (SSSR count). The number of amides is 1. The van der Waals surface area contributed by atoms with Crippen LogP contribution in [0.2, 0.25) is 0 Å². The molecule has 0 spiro atoms. The molecule has 0 unspecified atom stereocenters. The lowest BCUT2D eigenvalue weighted by Gasteiger charge is -2.14. The van der Waals surface area contributed by atoms with Crippen LogP contribution in [0.1, 0.15) is 24.0 Å². The van der Waals surface area contributed by atoms with Gasteiger partial charge in [-0.25, -0.2) is 4.98 Å². The summed E-state index contributed by atoms with van der Waals surface area (Å²) in [4.78, 5) is 15.9. The quantitative estimate of drug-likeness (QED) is 0.868. The van der Waals surface area contributed by atoms with Gasteiger partial charge in [0.2, 0.25) is 11.8 Å². The third-order valence-electron chi connectivity index (χ3n) is 3.91. The highest BCUT2D eigenvalue weighted by Gasteiger charge is 2.45. The third kappa shape index (κ3) is 4.08. The molecule has 1 aromatic carbocycles. The SMILES string of the molecule is NC1(C(=O)NCc2cccnc2Oc2cccc(C(F)(F)F)c2)CC1. The van der Waals surface area contributed by atoms with E-state index in [4.69, 9.17) is 10.5 Å². The van der Waals surface area contributed by atoms with E-state index in [1.54, 1.807) is 12.1 Å². The van der Waals surface area contributed by atoms with E-state index in [-0.39, 0.29) is 24.1 Å². The van der Waals surface area contributed by atoms with Crippen LogP contribution in [0.4, 0.5) is 13.2 Å². The molecule has 132 valence electrons.